The molecule has 1 aromatic heterocycles. The van der Waals surface area contributed by atoms with Crippen LogP contribution in [0.2, 0.25) is 0 Å². The van der Waals surface area contributed by atoms with Crippen LogP contribution in [0.15, 0.2) is 76.5 Å². The molecule has 0 amide bonds. The Hall–Kier alpha value is -3.37. The lowest BCUT2D eigenvalue weighted by Crippen LogP contribution is -2.16. The van der Waals surface area contributed by atoms with Gasteiger partial charge in [0.25, 0.3) is 10.0 Å². The van der Waals surface area contributed by atoms with Crippen LogP contribution in [0, 0.1) is 0 Å². The fourth-order valence-electron chi connectivity index (χ4n) is 3.87. The number of H-pyrrole nitrogens is 1. The van der Waals surface area contributed by atoms with Gasteiger partial charge in [-0.1, -0.05) is 30.3 Å². The van der Waals surface area contributed by atoms with E-state index in [2.05, 4.69) is 14.9 Å². The average Bonchev–Trinajstić information content (AvgIpc) is 3.36. The number of anilines is 1. The van der Waals surface area contributed by atoms with Crippen LogP contribution < -0.4 is 9.46 Å². The summed E-state index contributed by atoms with van der Waals surface area (Å²) >= 11 is 0. The highest BCUT2D eigenvalue weighted by Gasteiger charge is 2.28. The molecule has 10 heteroatoms. The predicted octanol–water partition coefficient (Wildman–Crippen LogP) is 3.44. The van der Waals surface area contributed by atoms with Crippen LogP contribution in [0.5, 0.6) is 5.75 Å². The van der Waals surface area contributed by atoms with Gasteiger partial charge < -0.3 is 4.74 Å². The van der Waals surface area contributed by atoms with Gasteiger partial charge in [-0.2, -0.15) is 5.10 Å². The third kappa shape index (κ3) is 3.61. The summed E-state index contributed by atoms with van der Waals surface area (Å²) in [5.74, 6) is 0.808. The molecule has 0 radical (unpaired) electrons. The maximum absolute atomic E-state index is 13.0. The smallest absolute Gasteiger partial charge is 0.263 e. The maximum Gasteiger partial charge on any atom is 0.263 e. The van der Waals surface area contributed by atoms with Gasteiger partial charge in [0, 0.05) is 23.8 Å². The number of ether oxygens (including phenoxy) is 1. The molecule has 1 atom stereocenters. The molecule has 1 aliphatic heterocycles. The van der Waals surface area contributed by atoms with Crippen LogP contribution in [0.4, 0.5) is 5.69 Å². The second-order valence-electron chi connectivity index (χ2n) is 7.61. The Morgan fingerprint density at radius 3 is 2.44 bits per heavy atom. The lowest BCUT2D eigenvalue weighted by atomic mass is 10.1. The minimum absolute atomic E-state index is 0.255. The molecule has 0 aliphatic carbocycles. The first-order valence-electron chi connectivity index (χ1n) is 9.77. The largest absolute Gasteiger partial charge is 0.483 e. The van der Waals surface area contributed by atoms with Crippen LogP contribution in [0.1, 0.15) is 17.4 Å². The van der Waals surface area contributed by atoms with Crippen LogP contribution in [-0.4, -0.2) is 33.3 Å². The van der Waals surface area contributed by atoms with E-state index in [4.69, 9.17) is 4.74 Å². The van der Waals surface area contributed by atoms with Crippen molar-refractivity contribution in [3.05, 3.63) is 78.0 Å². The van der Waals surface area contributed by atoms with E-state index in [0.29, 0.717) is 17.8 Å². The van der Waals surface area contributed by atoms with Gasteiger partial charge in [-0.15, -0.1) is 0 Å². The SMILES string of the molecule is CS(=O)(=O)c1ccccc1S(=O)(=O)Nc1ccc2[nH]nc(C3Cc4ccccc4O3)c2c1. The van der Waals surface area contributed by atoms with Crippen LogP contribution in [0.25, 0.3) is 10.9 Å². The van der Waals surface area contributed by atoms with E-state index in [9.17, 15) is 16.8 Å². The molecule has 0 spiro atoms. The van der Waals surface area contributed by atoms with Gasteiger partial charge in [0.1, 0.15) is 22.4 Å². The number of sulfone groups is 1. The molecular formula is C22H19N3O5S2. The summed E-state index contributed by atoms with van der Waals surface area (Å²) in [5, 5.41) is 8.07. The van der Waals surface area contributed by atoms with E-state index in [1.165, 1.54) is 24.3 Å². The van der Waals surface area contributed by atoms with Crippen molar-refractivity contribution in [2.45, 2.75) is 22.3 Å². The number of nitrogens with one attached hydrogen (secondary N) is 2. The van der Waals surface area contributed by atoms with E-state index in [1.807, 2.05) is 24.3 Å². The minimum Gasteiger partial charge on any atom is -0.483 e. The quantitative estimate of drug-likeness (QED) is 0.462. The van der Waals surface area contributed by atoms with Crippen molar-refractivity contribution in [1.29, 1.82) is 0 Å². The topological polar surface area (TPSA) is 118 Å². The minimum atomic E-state index is -4.15. The van der Waals surface area contributed by atoms with Gasteiger partial charge in [0.05, 0.1) is 10.4 Å². The zero-order chi connectivity index (χ0) is 22.5. The Bertz CT molecular complexity index is 1530. The Labute approximate surface area is 185 Å². The third-order valence-electron chi connectivity index (χ3n) is 5.33. The molecule has 0 fully saturated rings. The molecule has 1 aliphatic rings. The number of sulfonamides is 1. The highest BCUT2D eigenvalue weighted by molar-refractivity contribution is 7.95. The van der Waals surface area contributed by atoms with Gasteiger partial charge in [-0.05, 0) is 42.0 Å². The van der Waals surface area contributed by atoms with Crippen molar-refractivity contribution in [3.8, 4) is 5.75 Å². The molecular weight excluding hydrogens is 450 g/mol. The standard InChI is InChI=1S/C22H19N3O5S2/c1-31(26,27)20-8-4-5-9-21(20)32(28,29)25-15-10-11-17-16(13-15)22(24-23-17)19-12-14-6-2-3-7-18(14)30-19/h2-11,13,19,25H,12H2,1H3,(H,23,24). The molecule has 2 N–H and O–H groups in total. The highest BCUT2D eigenvalue weighted by Crippen LogP contribution is 2.38. The van der Waals surface area contributed by atoms with Gasteiger partial charge >= 0.3 is 0 Å². The summed E-state index contributed by atoms with van der Waals surface area (Å²) in [6, 6.07) is 18.3. The number of nitrogens with zero attached hydrogens (tertiary/aromatic N) is 1. The second kappa shape index (κ2) is 7.35. The van der Waals surface area contributed by atoms with E-state index in [-0.39, 0.29) is 15.9 Å². The van der Waals surface area contributed by atoms with Crippen LogP contribution >= 0.6 is 0 Å². The first kappa shape index (κ1) is 20.5. The molecule has 8 nitrogen and oxygen atoms in total. The number of aromatic nitrogens is 2. The lowest BCUT2D eigenvalue weighted by Gasteiger charge is -2.12. The van der Waals surface area contributed by atoms with Crippen molar-refractivity contribution in [3.63, 3.8) is 0 Å². The van der Waals surface area contributed by atoms with Crippen molar-refractivity contribution < 1.29 is 21.6 Å². The molecule has 164 valence electrons. The van der Waals surface area contributed by atoms with Crippen molar-refractivity contribution in [1.82, 2.24) is 10.2 Å². The first-order chi connectivity index (χ1) is 15.2. The Kier molecular flexibility index (Phi) is 4.72. The van der Waals surface area contributed by atoms with Crippen LogP contribution in [0.3, 0.4) is 0 Å². The summed E-state index contributed by atoms with van der Waals surface area (Å²) in [7, 11) is -7.87. The number of para-hydroxylation sites is 1. The molecule has 5 rings (SSSR count). The third-order valence-corrected chi connectivity index (χ3v) is 8.06. The molecule has 3 aromatic carbocycles. The molecule has 2 heterocycles. The van der Waals surface area contributed by atoms with Gasteiger partial charge in [-0.3, -0.25) is 9.82 Å². The number of hydrogen-bond acceptors (Lipinski definition) is 6. The summed E-state index contributed by atoms with van der Waals surface area (Å²) in [5.41, 5.74) is 2.79. The highest BCUT2D eigenvalue weighted by atomic mass is 32.2. The van der Waals surface area contributed by atoms with Crippen molar-refractivity contribution >= 4 is 36.5 Å². The predicted molar refractivity (Wildman–Crippen MR) is 120 cm³/mol. The summed E-state index contributed by atoms with van der Waals surface area (Å²) < 4.78 is 58.7. The molecule has 0 saturated carbocycles. The van der Waals surface area contributed by atoms with Gasteiger partial charge in [0.2, 0.25) is 0 Å². The monoisotopic (exact) mass is 469 g/mol. The summed E-state index contributed by atoms with van der Waals surface area (Å²) in [6.07, 6.45) is 1.34. The molecule has 0 bridgehead atoms. The summed E-state index contributed by atoms with van der Waals surface area (Å²) in [6.45, 7) is 0. The number of aromatic amines is 1. The molecule has 4 aromatic rings. The van der Waals surface area contributed by atoms with E-state index >= 15 is 0 Å². The molecule has 1 unspecified atom stereocenters. The van der Waals surface area contributed by atoms with Gasteiger partial charge in [0.15, 0.2) is 9.84 Å². The maximum atomic E-state index is 13.0. The number of benzene rings is 3. The van der Waals surface area contributed by atoms with E-state index in [0.717, 1.165) is 28.5 Å². The number of rotatable bonds is 5. The van der Waals surface area contributed by atoms with Crippen LogP contribution in [-0.2, 0) is 26.3 Å². The summed E-state index contributed by atoms with van der Waals surface area (Å²) in [4.78, 5) is -0.556. The molecule has 32 heavy (non-hydrogen) atoms. The zero-order valence-corrected chi connectivity index (χ0v) is 18.6. The first-order valence-corrected chi connectivity index (χ1v) is 13.1. The van der Waals surface area contributed by atoms with Gasteiger partial charge in [-0.25, -0.2) is 16.8 Å². The number of hydrogen-bond donors (Lipinski definition) is 2. The Balaban J connectivity index is 1.50. The molecule has 0 saturated heterocycles. The average molecular weight is 470 g/mol. The van der Waals surface area contributed by atoms with Crippen molar-refractivity contribution in [2.24, 2.45) is 0 Å². The second-order valence-corrected chi connectivity index (χ2v) is 11.2. The fraction of sp³-hybridized carbons (Fsp3) is 0.136. The normalized spacial score (nSPS) is 16.0. The Morgan fingerprint density at radius 2 is 1.69 bits per heavy atom. The zero-order valence-electron chi connectivity index (χ0n) is 16.9. The van der Waals surface area contributed by atoms with Crippen molar-refractivity contribution in [2.75, 3.05) is 11.0 Å². The van der Waals surface area contributed by atoms with E-state index < -0.39 is 19.9 Å². The number of fused-ring (bicyclic) bond motifs is 2. The van der Waals surface area contributed by atoms with E-state index in [1.54, 1.807) is 18.2 Å². The Morgan fingerprint density at radius 1 is 0.969 bits per heavy atom. The lowest BCUT2D eigenvalue weighted by molar-refractivity contribution is 0.235. The fourth-order valence-corrected chi connectivity index (χ4v) is 6.55.